The van der Waals surface area contributed by atoms with Crippen molar-refractivity contribution in [2.75, 3.05) is 0 Å². The molecule has 0 amide bonds. The summed E-state index contributed by atoms with van der Waals surface area (Å²) in [5.41, 5.74) is 0.668. The molecule has 3 heteroatoms. The minimum Gasteiger partial charge on any atom is -0.490 e. The fraction of sp³-hybridized carbons (Fsp3) is 0.615. The van der Waals surface area contributed by atoms with Crippen molar-refractivity contribution in [1.82, 2.24) is 4.98 Å². The average molecular weight is 221 g/mol. The molecule has 2 atom stereocenters. The second-order valence-electron chi connectivity index (χ2n) is 4.56. The molecule has 1 aliphatic rings. The van der Waals surface area contributed by atoms with Gasteiger partial charge in [0.2, 0.25) is 0 Å². The Bertz CT molecular complexity index is 340. The summed E-state index contributed by atoms with van der Waals surface area (Å²) < 4.78 is 5.96. The SMILES string of the molecule is CC1CCCCC1Oc1ccnc(CO)c1. The van der Waals surface area contributed by atoms with Crippen LogP contribution in [0.2, 0.25) is 0 Å². The maximum absolute atomic E-state index is 9.00. The Balaban J connectivity index is 2.01. The van der Waals surface area contributed by atoms with Crippen molar-refractivity contribution in [3.8, 4) is 5.75 Å². The van der Waals surface area contributed by atoms with Crippen LogP contribution in [-0.4, -0.2) is 16.2 Å². The highest BCUT2D eigenvalue weighted by Gasteiger charge is 2.22. The van der Waals surface area contributed by atoms with Gasteiger partial charge in [-0.3, -0.25) is 4.98 Å². The van der Waals surface area contributed by atoms with Crippen LogP contribution in [0.4, 0.5) is 0 Å². The number of rotatable bonds is 3. The van der Waals surface area contributed by atoms with Gasteiger partial charge in [0.25, 0.3) is 0 Å². The van der Waals surface area contributed by atoms with E-state index in [1.807, 2.05) is 12.1 Å². The first kappa shape index (κ1) is 11.4. The predicted octanol–water partition coefficient (Wildman–Crippen LogP) is 2.53. The minimum atomic E-state index is -0.0303. The van der Waals surface area contributed by atoms with Crippen LogP contribution in [0.3, 0.4) is 0 Å². The Kier molecular flexibility index (Phi) is 3.78. The van der Waals surface area contributed by atoms with E-state index in [2.05, 4.69) is 11.9 Å². The number of aromatic nitrogens is 1. The Morgan fingerprint density at radius 3 is 3.00 bits per heavy atom. The van der Waals surface area contributed by atoms with Gasteiger partial charge in [0.1, 0.15) is 11.9 Å². The van der Waals surface area contributed by atoms with Crippen molar-refractivity contribution in [3.05, 3.63) is 24.0 Å². The van der Waals surface area contributed by atoms with Gasteiger partial charge in [-0.15, -0.1) is 0 Å². The van der Waals surface area contributed by atoms with Crippen molar-refractivity contribution in [1.29, 1.82) is 0 Å². The smallest absolute Gasteiger partial charge is 0.123 e. The third-order valence-corrected chi connectivity index (χ3v) is 3.27. The van der Waals surface area contributed by atoms with E-state index in [1.165, 1.54) is 19.3 Å². The largest absolute Gasteiger partial charge is 0.490 e. The zero-order valence-electron chi connectivity index (χ0n) is 9.72. The van der Waals surface area contributed by atoms with Gasteiger partial charge in [0.15, 0.2) is 0 Å². The molecule has 0 aromatic carbocycles. The number of aliphatic hydroxyl groups is 1. The van der Waals surface area contributed by atoms with Crippen LogP contribution in [0, 0.1) is 5.92 Å². The van der Waals surface area contributed by atoms with Crippen LogP contribution >= 0.6 is 0 Å². The summed E-state index contributed by atoms with van der Waals surface area (Å²) in [6, 6.07) is 3.68. The summed E-state index contributed by atoms with van der Waals surface area (Å²) in [4.78, 5) is 4.04. The first-order valence-corrected chi connectivity index (χ1v) is 6.02. The van der Waals surface area contributed by atoms with Crippen molar-refractivity contribution in [3.63, 3.8) is 0 Å². The maximum Gasteiger partial charge on any atom is 0.123 e. The summed E-state index contributed by atoms with van der Waals surface area (Å²) in [6.07, 6.45) is 6.98. The highest BCUT2D eigenvalue weighted by Crippen LogP contribution is 2.28. The van der Waals surface area contributed by atoms with E-state index in [9.17, 15) is 0 Å². The maximum atomic E-state index is 9.00. The number of pyridine rings is 1. The van der Waals surface area contributed by atoms with Gasteiger partial charge in [-0.05, 0) is 31.2 Å². The average Bonchev–Trinajstić information content (AvgIpc) is 2.32. The number of hydrogen-bond donors (Lipinski definition) is 1. The lowest BCUT2D eigenvalue weighted by atomic mass is 9.88. The number of ether oxygens (including phenoxy) is 1. The molecule has 1 saturated carbocycles. The topological polar surface area (TPSA) is 42.4 Å². The Morgan fingerprint density at radius 2 is 2.25 bits per heavy atom. The molecule has 3 nitrogen and oxygen atoms in total. The van der Waals surface area contributed by atoms with Crippen molar-refractivity contribution < 1.29 is 9.84 Å². The van der Waals surface area contributed by atoms with E-state index >= 15 is 0 Å². The van der Waals surface area contributed by atoms with E-state index in [4.69, 9.17) is 9.84 Å². The Morgan fingerprint density at radius 1 is 1.44 bits per heavy atom. The number of aliphatic hydroxyl groups excluding tert-OH is 1. The van der Waals surface area contributed by atoms with E-state index in [1.54, 1.807) is 6.20 Å². The molecule has 16 heavy (non-hydrogen) atoms. The van der Waals surface area contributed by atoms with E-state index in [0.29, 0.717) is 17.7 Å². The van der Waals surface area contributed by atoms with Crippen molar-refractivity contribution in [2.24, 2.45) is 5.92 Å². The van der Waals surface area contributed by atoms with Crippen LogP contribution in [0.25, 0.3) is 0 Å². The fourth-order valence-corrected chi connectivity index (χ4v) is 2.25. The van der Waals surface area contributed by atoms with E-state index in [0.717, 1.165) is 12.2 Å². The molecule has 1 fully saturated rings. The second kappa shape index (κ2) is 5.30. The third kappa shape index (κ3) is 2.73. The summed E-state index contributed by atoms with van der Waals surface area (Å²) in [5, 5.41) is 9.00. The molecule has 0 aliphatic heterocycles. The van der Waals surface area contributed by atoms with Crippen LogP contribution in [0.15, 0.2) is 18.3 Å². The molecule has 1 aromatic heterocycles. The molecule has 2 rings (SSSR count). The second-order valence-corrected chi connectivity index (χ2v) is 4.56. The van der Waals surface area contributed by atoms with Gasteiger partial charge < -0.3 is 9.84 Å². The fourth-order valence-electron chi connectivity index (χ4n) is 2.25. The molecule has 1 heterocycles. The molecular formula is C13H19NO2. The van der Waals surface area contributed by atoms with Gasteiger partial charge in [0.05, 0.1) is 12.3 Å². The molecule has 0 spiro atoms. The molecule has 88 valence electrons. The van der Waals surface area contributed by atoms with Gasteiger partial charge in [-0.2, -0.15) is 0 Å². The summed E-state index contributed by atoms with van der Waals surface area (Å²) in [6.45, 7) is 2.22. The quantitative estimate of drug-likeness (QED) is 0.852. The van der Waals surface area contributed by atoms with Crippen molar-refractivity contribution >= 4 is 0 Å². The molecule has 0 radical (unpaired) electrons. The molecule has 2 unspecified atom stereocenters. The van der Waals surface area contributed by atoms with Gasteiger partial charge in [-0.1, -0.05) is 13.3 Å². The summed E-state index contributed by atoms with van der Waals surface area (Å²) in [5.74, 6) is 1.46. The molecule has 0 saturated heterocycles. The summed E-state index contributed by atoms with van der Waals surface area (Å²) in [7, 11) is 0. The van der Waals surface area contributed by atoms with Crippen LogP contribution in [0.5, 0.6) is 5.75 Å². The van der Waals surface area contributed by atoms with Crippen molar-refractivity contribution in [2.45, 2.75) is 45.3 Å². The zero-order valence-corrected chi connectivity index (χ0v) is 9.72. The van der Waals surface area contributed by atoms with Crippen LogP contribution < -0.4 is 4.74 Å². The standard InChI is InChI=1S/C13H19NO2/c1-10-4-2-3-5-13(10)16-12-6-7-14-11(8-12)9-15/h6-8,10,13,15H,2-5,9H2,1H3. The van der Waals surface area contributed by atoms with Gasteiger partial charge in [0, 0.05) is 12.3 Å². The normalized spacial score (nSPS) is 25.4. The highest BCUT2D eigenvalue weighted by atomic mass is 16.5. The summed E-state index contributed by atoms with van der Waals surface area (Å²) >= 11 is 0. The number of hydrogen-bond acceptors (Lipinski definition) is 3. The monoisotopic (exact) mass is 221 g/mol. The van der Waals surface area contributed by atoms with E-state index < -0.39 is 0 Å². The number of nitrogens with zero attached hydrogens (tertiary/aromatic N) is 1. The Labute approximate surface area is 96.5 Å². The molecule has 1 aromatic rings. The lowest BCUT2D eigenvalue weighted by Crippen LogP contribution is -2.28. The molecule has 1 aliphatic carbocycles. The van der Waals surface area contributed by atoms with Crippen LogP contribution in [0.1, 0.15) is 38.3 Å². The molecular weight excluding hydrogens is 202 g/mol. The lowest BCUT2D eigenvalue weighted by Gasteiger charge is -2.29. The first-order chi connectivity index (χ1) is 7.79. The first-order valence-electron chi connectivity index (χ1n) is 6.02. The third-order valence-electron chi connectivity index (χ3n) is 3.27. The molecule has 1 N–H and O–H groups in total. The predicted molar refractivity (Wildman–Crippen MR) is 62.2 cm³/mol. The lowest BCUT2D eigenvalue weighted by molar-refractivity contribution is 0.102. The highest BCUT2D eigenvalue weighted by molar-refractivity contribution is 5.22. The molecule has 0 bridgehead atoms. The van der Waals surface area contributed by atoms with Gasteiger partial charge in [-0.25, -0.2) is 0 Å². The zero-order chi connectivity index (χ0) is 11.4. The van der Waals surface area contributed by atoms with Crippen LogP contribution in [-0.2, 0) is 6.61 Å². The minimum absolute atomic E-state index is 0.0303. The Hall–Kier alpha value is -1.09. The van der Waals surface area contributed by atoms with Gasteiger partial charge >= 0.3 is 0 Å². The van der Waals surface area contributed by atoms with E-state index in [-0.39, 0.29) is 6.61 Å².